The van der Waals surface area contributed by atoms with Gasteiger partial charge in [0.15, 0.2) is 0 Å². The van der Waals surface area contributed by atoms with Crippen molar-refractivity contribution in [3.05, 3.63) is 17.0 Å². The molecule has 1 aromatic rings. The molecule has 0 saturated carbocycles. The summed E-state index contributed by atoms with van der Waals surface area (Å²) < 4.78 is 2.05. The summed E-state index contributed by atoms with van der Waals surface area (Å²) in [5.41, 5.74) is 3.24. The standard InChI is InChI=1S/C18H32N4O/c1-12(2)9-22-15(5)16(14(4)19-22)8-18(23)21-10-13(3)17(11-21)20(6)7/h12-13,17H,8-11H2,1-7H3/t13-,17+/m0/s1. The van der Waals surface area contributed by atoms with E-state index < -0.39 is 0 Å². The van der Waals surface area contributed by atoms with Gasteiger partial charge in [0.2, 0.25) is 5.91 Å². The van der Waals surface area contributed by atoms with E-state index in [2.05, 4.69) is 56.5 Å². The predicted octanol–water partition coefficient (Wildman–Crippen LogP) is 2.11. The van der Waals surface area contributed by atoms with Crippen molar-refractivity contribution in [3.63, 3.8) is 0 Å². The maximum atomic E-state index is 12.7. The Morgan fingerprint density at radius 3 is 2.48 bits per heavy atom. The molecule has 130 valence electrons. The zero-order valence-corrected chi connectivity index (χ0v) is 15.8. The van der Waals surface area contributed by atoms with E-state index in [0.717, 1.165) is 36.6 Å². The first-order chi connectivity index (χ1) is 10.7. The van der Waals surface area contributed by atoms with Gasteiger partial charge in [-0.15, -0.1) is 0 Å². The van der Waals surface area contributed by atoms with Crippen molar-refractivity contribution in [2.75, 3.05) is 27.2 Å². The zero-order valence-electron chi connectivity index (χ0n) is 15.8. The SMILES string of the molecule is Cc1nn(CC(C)C)c(C)c1CC(=O)N1C[C@@H](N(C)C)[C@@H](C)C1. The smallest absolute Gasteiger partial charge is 0.227 e. The Bertz CT molecular complexity index is 562. The molecule has 0 spiro atoms. The molecule has 2 rings (SSSR count). The molecule has 0 radical (unpaired) electrons. The van der Waals surface area contributed by atoms with Gasteiger partial charge < -0.3 is 9.80 Å². The summed E-state index contributed by atoms with van der Waals surface area (Å²) in [7, 11) is 4.19. The highest BCUT2D eigenvalue weighted by Crippen LogP contribution is 2.22. The van der Waals surface area contributed by atoms with Gasteiger partial charge in [-0.3, -0.25) is 9.48 Å². The van der Waals surface area contributed by atoms with Crippen molar-refractivity contribution < 1.29 is 4.79 Å². The number of nitrogens with zero attached hydrogens (tertiary/aromatic N) is 4. The molecular weight excluding hydrogens is 288 g/mol. The Hall–Kier alpha value is -1.36. The topological polar surface area (TPSA) is 41.4 Å². The number of carbonyl (C=O) groups is 1. The van der Waals surface area contributed by atoms with Gasteiger partial charge >= 0.3 is 0 Å². The van der Waals surface area contributed by atoms with Crippen molar-refractivity contribution in [1.82, 2.24) is 19.6 Å². The molecule has 1 fully saturated rings. The first-order valence-electron chi connectivity index (χ1n) is 8.67. The van der Waals surface area contributed by atoms with Crippen LogP contribution in [0.4, 0.5) is 0 Å². The first-order valence-corrected chi connectivity index (χ1v) is 8.67. The van der Waals surface area contributed by atoms with Crippen molar-refractivity contribution >= 4 is 5.91 Å². The summed E-state index contributed by atoms with van der Waals surface area (Å²) in [5.74, 6) is 1.31. The molecule has 1 aliphatic heterocycles. The average Bonchev–Trinajstić information content (AvgIpc) is 2.94. The zero-order chi connectivity index (χ0) is 17.3. The van der Waals surface area contributed by atoms with Gasteiger partial charge in [-0.05, 0) is 39.8 Å². The molecule has 23 heavy (non-hydrogen) atoms. The van der Waals surface area contributed by atoms with Crippen LogP contribution in [0.1, 0.15) is 37.7 Å². The molecule has 1 aromatic heterocycles. The molecule has 1 aliphatic rings. The Morgan fingerprint density at radius 1 is 1.30 bits per heavy atom. The quantitative estimate of drug-likeness (QED) is 0.834. The van der Waals surface area contributed by atoms with Crippen molar-refractivity contribution in [3.8, 4) is 0 Å². The number of amides is 1. The minimum absolute atomic E-state index is 0.233. The second-order valence-electron chi connectivity index (χ2n) is 7.71. The molecular formula is C18H32N4O. The maximum Gasteiger partial charge on any atom is 0.227 e. The number of carbonyl (C=O) groups excluding carboxylic acids is 1. The number of aromatic nitrogens is 2. The summed E-state index contributed by atoms with van der Waals surface area (Å²) in [6.45, 7) is 13.3. The van der Waals surface area contributed by atoms with Crippen LogP contribution in [-0.2, 0) is 17.8 Å². The lowest BCUT2D eigenvalue weighted by molar-refractivity contribution is -0.129. The van der Waals surface area contributed by atoms with E-state index in [9.17, 15) is 4.79 Å². The van der Waals surface area contributed by atoms with Crippen molar-refractivity contribution in [2.24, 2.45) is 11.8 Å². The van der Waals surface area contributed by atoms with Gasteiger partial charge in [0.25, 0.3) is 0 Å². The van der Waals surface area contributed by atoms with Crippen LogP contribution in [0.5, 0.6) is 0 Å². The monoisotopic (exact) mass is 320 g/mol. The molecule has 0 aliphatic carbocycles. The van der Waals surface area contributed by atoms with Crippen LogP contribution in [0.2, 0.25) is 0 Å². The van der Waals surface area contributed by atoms with E-state index >= 15 is 0 Å². The van der Waals surface area contributed by atoms with Crippen LogP contribution in [0.15, 0.2) is 0 Å². The first kappa shape index (κ1) is 18.0. The van der Waals surface area contributed by atoms with E-state index in [4.69, 9.17) is 0 Å². The number of likely N-dealkylation sites (N-methyl/N-ethyl adjacent to an activating group) is 1. The van der Waals surface area contributed by atoms with Gasteiger partial charge in [-0.2, -0.15) is 5.10 Å². The third-order valence-corrected chi connectivity index (χ3v) is 4.99. The molecule has 1 amide bonds. The van der Waals surface area contributed by atoms with E-state index in [1.54, 1.807) is 0 Å². The molecule has 2 heterocycles. The molecule has 0 aromatic carbocycles. The average molecular weight is 320 g/mol. The van der Waals surface area contributed by atoms with E-state index in [-0.39, 0.29) is 5.91 Å². The number of likely N-dealkylation sites (tertiary alicyclic amines) is 1. The summed E-state index contributed by atoms with van der Waals surface area (Å²) in [5, 5.41) is 4.63. The number of rotatable bonds is 5. The molecule has 5 heteroatoms. The van der Waals surface area contributed by atoms with Gasteiger partial charge in [0.05, 0.1) is 12.1 Å². The second-order valence-corrected chi connectivity index (χ2v) is 7.71. The molecule has 0 unspecified atom stereocenters. The highest BCUT2D eigenvalue weighted by Gasteiger charge is 2.33. The molecule has 1 saturated heterocycles. The lowest BCUT2D eigenvalue weighted by Gasteiger charge is -2.22. The Morgan fingerprint density at radius 2 is 1.96 bits per heavy atom. The normalized spacial score (nSPS) is 21.7. The van der Waals surface area contributed by atoms with Gasteiger partial charge in [0.1, 0.15) is 0 Å². The number of hydrogen-bond donors (Lipinski definition) is 0. The Kier molecular flexibility index (Phi) is 5.50. The summed E-state index contributed by atoms with van der Waals surface area (Å²) >= 11 is 0. The third-order valence-electron chi connectivity index (χ3n) is 4.99. The molecule has 0 N–H and O–H groups in total. The molecule has 0 bridgehead atoms. The fraction of sp³-hybridized carbons (Fsp3) is 0.778. The van der Waals surface area contributed by atoms with Gasteiger partial charge in [-0.25, -0.2) is 0 Å². The number of hydrogen-bond acceptors (Lipinski definition) is 3. The highest BCUT2D eigenvalue weighted by molar-refractivity contribution is 5.79. The summed E-state index contributed by atoms with van der Waals surface area (Å²) in [6.07, 6.45) is 0.475. The van der Waals surface area contributed by atoms with Crippen molar-refractivity contribution in [1.29, 1.82) is 0 Å². The van der Waals surface area contributed by atoms with Crippen LogP contribution in [0, 0.1) is 25.7 Å². The minimum Gasteiger partial charge on any atom is -0.341 e. The second kappa shape index (κ2) is 7.04. The summed E-state index contributed by atoms with van der Waals surface area (Å²) in [6, 6.07) is 0.463. The van der Waals surface area contributed by atoms with Crippen LogP contribution >= 0.6 is 0 Å². The minimum atomic E-state index is 0.233. The fourth-order valence-electron chi connectivity index (χ4n) is 3.60. The molecule has 2 atom stereocenters. The van der Waals surface area contributed by atoms with Gasteiger partial charge in [-0.1, -0.05) is 20.8 Å². The van der Waals surface area contributed by atoms with E-state index in [0.29, 0.717) is 24.3 Å². The van der Waals surface area contributed by atoms with Crippen LogP contribution in [0.25, 0.3) is 0 Å². The van der Waals surface area contributed by atoms with E-state index in [1.165, 1.54) is 0 Å². The Balaban J connectivity index is 2.08. The maximum absolute atomic E-state index is 12.7. The molecule has 5 nitrogen and oxygen atoms in total. The van der Waals surface area contributed by atoms with Gasteiger partial charge in [0, 0.05) is 36.9 Å². The third kappa shape index (κ3) is 3.94. The van der Waals surface area contributed by atoms with Crippen LogP contribution in [0.3, 0.4) is 0 Å². The number of aryl methyl sites for hydroxylation is 1. The van der Waals surface area contributed by atoms with Crippen molar-refractivity contribution in [2.45, 2.75) is 53.6 Å². The lowest BCUT2D eigenvalue weighted by Crippen LogP contribution is -2.36. The fourth-order valence-corrected chi connectivity index (χ4v) is 3.60. The lowest BCUT2D eigenvalue weighted by atomic mass is 10.1. The summed E-state index contributed by atoms with van der Waals surface area (Å²) in [4.78, 5) is 17.0. The predicted molar refractivity (Wildman–Crippen MR) is 93.5 cm³/mol. The Labute approximate surface area is 140 Å². The van der Waals surface area contributed by atoms with Crippen LogP contribution < -0.4 is 0 Å². The highest BCUT2D eigenvalue weighted by atomic mass is 16.2. The largest absolute Gasteiger partial charge is 0.341 e. The van der Waals surface area contributed by atoms with Crippen LogP contribution in [-0.4, -0.2) is 58.7 Å². The van der Waals surface area contributed by atoms with E-state index in [1.807, 2.05) is 11.8 Å².